The minimum absolute atomic E-state index is 1.06. The van der Waals surface area contributed by atoms with Crippen molar-refractivity contribution < 1.29 is 0 Å². The summed E-state index contributed by atoms with van der Waals surface area (Å²) in [5.74, 6) is 1.06. The van der Waals surface area contributed by atoms with Crippen molar-refractivity contribution in [1.82, 2.24) is 9.97 Å². The summed E-state index contributed by atoms with van der Waals surface area (Å²) in [4.78, 5) is 12.3. The summed E-state index contributed by atoms with van der Waals surface area (Å²) in [5.41, 5.74) is 3.71. The molecule has 98 valence electrons. The van der Waals surface area contributed by atoms with Crippen molar-refractivity contribution in [2.24, 2.45) is 0 Å². The third kappa shape index (κ3) is 2.32. The van der Waals surface area contributed by atoms with E-state index in [-0.39, 0.29) is 0 Å². The Kier molecular flexibility index (Phi) is 3.42. The molecule has 0 amide bonds. The molecule has 0 radical (unpaired) electrons. The normalized spacial score (nSPS) is 13.4. The maximum absolute atomic E-state index is 4.48. The minimum atomic E-state index is 1.06. The first kappa shape index (κ1) is 12.5. The van der Waals surface area contributed by atoms with Gasteiger partial charge in [-0.1, -0.05) is 0 Å². The number of hydrogen-bond acceptors (Lipinski definition) is 4. The summed E-state index contributed by atoms with van der Waals surface area (Å²) >= 11 is 1.76. The number of thioether (sulfide) groups is 1. The summed E-state index contributed by atoms with van der Waals surface area (Å²) in [5, 5.41) is 0. The largest absolute Gasteiger partial charge is 0.329 e. The van der Waals surface area contributed by atoms with Gasteiger partial charge in [0.25, 0.3) is 0 Å². The fraction of sp³-hybridized carbons (Fsp3) is 0.333. The Morgan fingerprint density at radius 2 is 1.89 bits per heavy atom. The van der Waals surface area contributed by atoms with Crippen LogP contribution in [0.15, 0.2) is 35.5 Å². The smallest absolute Gasteiger partial charge is 0.139 e. The van der Waals surface area contributed by atoms with Crippen LogP contribution < -0.4 is 4.90 Å². The van der Waals surface area contributed by atoms with Gasteiger partial charge in [0.1, 0.15) is 12.1 Å². The van der Waals surface area contributed by atoms with Gasteiger partial charge in [0.2, 0.25) is 0 Å². The lowest BCUT2D eigenvalue weighted by Crippen LogP contribution is -2.14. The van der Waals surface area contributed by atoms with Crippen LogP contribution in [-0.4, -0.2) is 23.3 Å². The molecule has 1 heterocycles. The molecule has 19 heavy (non-hydrogen) atoms. The Hall–Kier alpha value is -1.55. The zero-order valence-corrected chi connectivity index (χ0v) is 12.1. The number of aromatic nitrogens is 2. The standard InChI is InChI=1S/C15H17N3S/c1-18(11-6-8-12(19-2)9-7-11)15-13-4-3-5-14(13)16-10-17-15/h6-10H,3-5H2,1-2H3. The van der Waals surface area contributed by atoms with Crippen LogP contribution in [0.5, 0.6) is 0 Å². The predicted octanol–water partition coefficient (Wildman–Crippen LogP) is 3.46. The van der Waals surface area contributed by atoms with Gasteiger partial charge in [0, 0.05) is 28.9 Å². The maximum Gasteiger partial charge on any atom is 0.139 e. The molecule has 2 aromatic rings. The number of anilines is 2. The molecule has 4 heteroatoms. The van der Waals surface area contributed by atoms with Crippen LogP contribution >= 0.6 is 11.8 Å². The van der Waals surface area contributed by atoms with Crippen LogP contribution in [0.25, 0.3) is 0 Å². The van der Waals surface area contributed by atoms with E-state index in [0.29, 0.717) is 0 Å². The van der Waals surface area contributed by atoms with E-state index in [9.17, 15) is 0 Å². The molecule has 0 unspecified atom stereocenters. The second-order valence-electron chi connectivity index (χ2n) is 4.73. The van der Waals surface area contributed by atoms with Gasteiger partial charge in [0.15, 0.2) is 0 Å². The molecule has 0 atom stereocenters. The highest BCUT2D eigenvalue weighted by molar-refractivity contribution is 7.98. The van der Waals surface area contributed by atoms with Crippen LogP contribution in [0.2, 0.25) is 0 Å². The molecule has 1 aromatic heterocycles. The van der Waals surface area contributed by atoms with Crippen molar-refractivity contribution in [3.8, 4) is 0 Å². The van der Waals surface area contributed by atoms with Gasteiger partial charge in [0.05, 0.1) is 0 Å². The Morgan fingerprint density at radius 3 is 2.63 bits per heavy atom. The number of nitrogens with zero attached hydrogens (tertiary/aromatic N) is 3. The molecular weight excluding hydrogens is 254 g/mol. The number of fused-ring (bicyclic) bond motifs is 1. The third-order valence-corrected chi connectivity index (χ3v) is 4.37. The molecule has 0 spiro atoms. The van der Waals surface area contributed by atoms with E-state index in [1.165, 1.54) is 28.3 Å². The second kappa shape index (κ2) is 5.21. The Balaban J connectivity index is 1.95. The summed E-state index contributed by atoms with van der Waals surface area (Å²) in [6, 6.07) is 8.60. The Labute approximate surface area is 118 Å². The molecule has 3 nitrogen and oxygen atoms in total. The highest BCUT2D eigenvalue weighted by atomic mass is 32.2. The Morgan fingerprint density at radius 1 is 1.11 bits per heavy atom. The fourth-order valence-corrected chi connectivity index (χ4v) is 2.97. The second-order valence-corrected chi connectivity index (χ2v) is 5.61. The molecule has 3 rings (SSSR count). The van der Waals surface area contributed by atoms with Gasteiger partial charge in [-0.3, -0.25) is 0 Å². The average Bonchev–Trinajstić information content (AvgIpc) is 2.95. The molecular formula is C15H17N3S. The molecule has 0 saturated heterocycles. The van der Waals surface area contributed by atoms with Crippen molar-refractivity contribution in [2.45, 2.75) is 24.2 Å². The van der Waals surface area contributed by atoms with Crippen molar-refractivity contribution in [3.63, 3.8) is 0 Å². The predicted molar refractivity (Wildman–Crippen MR) is 80.3 cm³/mol. The van der Waals surface area contributed by atoms with Gasteiger partial charge < -0.3 is 4.90 Å². The monoisotopic (exact) mass is 271 g/mol. The van der Waals surface area contributed by atoms with E-state index in [1.54, 1.807) is 18.1 Å². The molecule has 0 fully saturated rings. The van der Waals surface area contributed by atoms with Gasteiger partial charge in [-0.2, -0.15) is 0 Å². The number of rotatable bonds is 3. The number of aryl methyl sites for hydroxylation is 1. The van der Waals surface area contributed by atoms with Crippen molar-refractivity contribution in [3.05, 3.63) is 41.9 Å². The van der Waals surface area contributed by atoms with E-state index in [4.69, 9.17) is 0 Å². The van der Waals surface area contributed by atoms with E-state index >= 15 is 0 Å². The molecule has 0 aliphatic heterocycles. The maximum atomic E-state index is 4.48. The first-order valence-electron chi connectivity index (χ1n) is 6.50. The van der Waals surface area contributed by atoms with Crippen LogP contribution in [0.4, 0.5) is 11.5 Å². The topological polar surface area (TPSA) is 29.0 Å². The molecule has 0 N–H and O–H groups in total. The van der Waals surface area contributed by atoms with Crippen LogP contribution in [0.1, 0.15) is 17.7 Å². The van der Waals surface area contributed by atoms with Gasteiger partial charge in [-0.05, 0) is 49.8 Å². The number of benzene rings is 1. The highest BCUT2D eigenvalue weighted by Gasteiger charge is 2.19. The first-order chi connectivity index (χ1) is 9.29. The minimum Gasteiger partial charge on any atom is -0.329 e. The highest BCUT2D eigenvalue weighted by Crippen LogP contribution is 2.31. The van der Waals surface area contributed by atoms with Gasteiger partial charge >= 0.3 is 0 Å². The first-order valence-corrected chi connectivity index (χ1v) is 7.72. The summed E-state index contributed by atoms with van der Waals surface area (Å²) < 4.78 is 0. The lowest BCUT2D eigenvalue weighted by Gasteiger charge is -2.21. The van der Waals surface area contributed by atoms with Crippen molar-refractivity contribution in [2.75, 3.05) is 18.2 Å². The third-order valence-electron chi connectivity index (χ3n) is 3.63. The van der Waals surface area contributed by atoms with Crippen LogP contribution in [-0.2, 0) is 12.8 Å². The molecule has 1 aliphatic carbocycles. The van der Waals surface area contributed by atoms with E-state index in [2.05, 4.69) is 52.4 Å². The zero-order chi connectivity index (χ0) is 13.2. The lowest BCUT2D eigenvalue weighted by molar-refractivity contribution is 0.899. The quantitative estimate of drug-likeness (QED) is 0.800. The SMILES string of the molecule is CSc1ccc(N(C)c2ncnc3c2CCC3)cc1. The van der Waals surface area contributed by atoms with Crippen molar-refractivity contribution in [1.29, 1.82) is 0 Å². The molecule has 1 aromatic carbocycles. The molecule has 0 bridgehead atoms. The molecule has 0 saturated carbocycles. The van der Waals surface area contributed by atoms with E-state index in [1.807, 2.05) is 0 Å². The van der Waals surface area contributed by atoms with E-state index in [0.717, 1.165) is 18.7 Å². The Bertz CT molecular complexity index is 580. The van der Waals surface area contributed by atoms with E-state index < -0.39 is 0 Å². The lowest BCUT2D eigenvalue weighted by atomic mass is 10.2. The molecule has 1 aliphatic rings. The summed E-state index contributed by atoms with van der Waals surface area (Å²) in [6.45, 7) is 0. The van der Waals surface area contributed by atoms with Crippen LogP contribution in [0.3, 0.4) is 0 Å². The number of hydrogen-bond donors (Lipinski definition) is 0. The van der Waals surface area contributed by atoms with Crippen LogP contribution in [0, 0.1) is 0 Å². The van der Waals surface area contributed by atoms with Gasteiger partial charge in [-0.25, -0.2) is 9.97 Å². The zero-order valence-electron chi connectivity index (χ0n) is 11.3. The average molecular weight is 271 g/mol. The summed E-state index contributed by atoms with van der Waals surface area (Å²) in [6.07, 6.45) is 7.16. The summed E-state index contributed by atoms with van der Waals surface area (Å²) in [7, 11) is 2.08. The van der Waals surface area contributed by atoms with Gasteiger partial charge in [-0.15, -0.1) is 11.8 Å². The van der Waals surface area contributed by atoms with Crippen molar-refractivity contribution >= 4 is 23.3 Å². The fourth-order valence-electron chi connectivity index (χ4n) is 2.56.